The first-order chi connectivity index (χ1) is 10.4. The van der Waals surface area contributed by atoms with Gasteiger partial charge in [-0.2, -0.15) is 13.2 Å². The quantitative estimate of drug-likeness (QED) is 0.585. The van der Waals surface area contributed by atoms with Crippen LogP contribution in [0, 0.1) is 0 Å². The van der Waals surface area contributed by atoms with Crippen molar-refractivity contribution in [1.82, 2.24) is 10.6 Å². The van der Waals surface area contributed by atoms with Crippen molar-refractivity contribution in [1.29, 1.82) is 0 Å². The number of guanidine groups is 1. The molecule has 0 amide bonds. The van der Waals surface area contributed by atoms with Crippen LogP contribution in [0.15, 0.2) is 27.7 Å². The lowest BCUT2D eigenvalue weighted by atomic mass is 10.2. The van der Waals surface area contributed by atoms with E-state index in [1.807, 2.05) is 19.1 Å². The molecule has 0 saturated heterocycles. The molecule has 0 aliphatic carbocycles. The van der Waals surface area contributed by atoms with Crippen molar-refractivity contribution in [2.45, 2.75) is 26.1 Å². The van der Waals surface area contributed by atoms with Gasteiger partial charge < -0.3 is 15.4 Å². The molecule has 0 aliphatic rings. The van der Waals surface area contributed by atoms with E-state index in [2.05, 4.69) is 31.6 Å². The second-order valence-corrected chi connectivity index (χ2v) is 5.31. The van der Waals surface area contributed by atoms with Gasteiger partial charge in [-0.1, -0.05) is 6.07 Å². The van der Waals surface area contributed by atoms with Crippen molar-refractivity contribution in [2.75, 3.05) is 20.2 Å². The Morgan fingerprint density at radius 2 is 2.05 bits per heavy atom. The highest BCUT2D eigenvalue weighted by molar-refractivity contribution is 9.10. The van der Waals surface area contributed by atoms with Crippen LogP contribution in [0.2, 0.25) is 0 Å². The fourth-order valence-electron chi connectivity index (χ4n) is 1.64. The minimum absolute atomic E-state index is 0.207. The summed E-state index contributed by atoms with van der Waals surface area (Å²) in [6.45, 7) is 2.57. The highest BCUT2D eigenvalue weighted by Gasteiger charge is 2.26. The van der Waals surface area contributed by atoms with Crippen LogP contribution in [0.25, 0.3) is 0 Å². The van der Waals surface area contributed by atoms with Crippen LogP contribution < -0.4 is 15.4 Å². The lowest BCUT2D eigenvalue weighted by Gasteiger charge is -2.12. The minimum atomic E-state index is -4.18. The standard InChI is InChI=1S/C14H19BrF3N3O/c1-3-19-13(20-7-6-14(16,17)18)21-9-10-4-5-12(22-2)11(15)8-10/h4-5,8H,3,6-7,9H2,1-2H3,(H2,19,20,21). The second-order valence-electron chi connectivity index (χ2n) is 4.46. The number of aliphatic imine (C=N–C) groups is 1. The lowest BCUT2D eigenvalue weighted by Crippen LogP contribution is -2.38. The SMILES string of the molecule is CCNC(=NCc1ccc(OC)c(Br)c1)NCCC(F)(F)F. The van der Waals surface area contributed by atoms with E-state index in [1.165, 1.54) is 0 Å². The van der Waals surface area contributed by atoms with E-state index in [0.717, 1.165) is 10.0 Å². The van der Waals surface area contributed by atoms with Gasteiger partial charge in [-0.05, 0) is 40.5 Å². The number of hydrogen-bond donors (Lipinski definition) is 2. The van der Waals surface area contributed by atoms with E-state index >= 15 is 0 Å². The summed E-state index contributed by atoms with van der Waals surface area (Å²) in [5, 5.41) is 5.58. The number of rotatable bonds is 6. The highest BCUT2D eigenvalue weighted by Crippen LogP contribution is 2.25. The van der Waals surface area contributed by atoms with Gasteiger partial charge in [0.15, 0.2) is 5.96 Å². The fourth-order valence-corrected chi connectivity index (χ4v) is 2.23. The molecule has 124 valence electrons. The lowest BCUT2D eigenvalue weighted by molar-refractivity contribution is -0.132. The molecule has 0 aliphatic heterocycles. The average Bonchev–Trinajstić information content (AvgIpc) is 2.43. The van der Waals surface area contributed by atoms with Crippen molar-refractivity contribution in [2.24, 2.45) is 4.99 Å². The zero-order chi connectivity index (χ0) is 16.6. The predicted octanol–water partition coefficient (Wildman–Crippen LogP) is 3.47. The van der Waals surface area contributed by atoms with Crippen LogP contribution in [0.4, 0.5) is 13.2 Å². The number of benzene rings is 1. The first-order valence-electron chi connectivity index (χ1n) is 6.77. The molecule has 0 unspecified atom stereocenters. The van der Waals surface area contributed by atoms with Crippen molar-refractivity contribution in [3.8, 4) is 5.75 Å². The van der Waals surface area contributed by atoms with E-state index in [-0.39, 0.29) is 6.54 Å². The first kappa shape index (κ1) is 18.6. The van der Waals surface area contributed by atoms with Gasteiger partial charge in [-0.15, -0.1) is 0 Å². The highest BCUT2D eigenvalue weighted by atomic mass is 79.9. The van der Waals surface area contributed by atoms with E-state index < -0.39 is 12.6 Å². The summed E-state index contributed by atoms with van der Waals surface area (Å²) in [4.78, 5) is 4.27. The maximum atomic E-state index is 12.1. The molecule has 1 aromatic carbocycles. The molecule has 8 heteroatoms. The van der Waals surface area contributed by atoms with Crippen LogP contribution in [0.3, 0.4) is 0 Å². The van der Waals surface area contributed by atoms with E-state index in [1.54, 1.807) is 13.2 Å². The van der Waals surface area contributed by atoms with Crippen LogP contribution in [-0.2, 0) is 6.54 Å². The summed E-state index contributed by atoms with van der Waals surface area (Å²) in [6, 6.07) is 5.52. The number of nitrogens with one attached hydrogen (secondary N) is 2. The Hall–Kier alpha value is -1.44. The number of hydrogen-bond acceptors (Lipinski definition) is 2. The summed E-state index contributed by atoms with van der Waals surface area (Å²) in [6.07, 6.45) is -5.07. The molecule has 0 radical (unpaired) electrons. The molecule has 0 heterocycles. The van der Waals surface area contributed by atoms with E-state index in [0.29, 0.717) is 24.8 Å². The van der Waals surface area contributed by atoms with Gasteiger partial charge in [0.1, 0.15) is 5.75 Å². The summed E-state index contributed by atoms with van der Waals surface area (Å²) in [5.74, 6) is 1.07. The van der Waals surface area contributed by atoms with Crippen LogP contribution in [0.1, 0.15) is 18.9 Å². The van der Waals surface area contributed by atoms with Gasteiger partial charge in [0.25, 0.3) is 0 Å². The van der Waals surface area contributed by atoms with Crippen LogP contribution >= 0.6 is 15.9 Å². The van der Waals surface area contributed by atoms with Crippen molar-refractivity contribution in [3.05, 3.63) is 28.2 Å². The summed E-state index contributed by atoms with van der Waals surface area (Å²) in [7, 11) is 1.58. The number of halogens is 4. The smallest absolute Gasteiger partial charge is 0.390 e. The zero-order valence-electron chi connectivity index (χ0n) is 12.4. The van der Waals surface area contributed by atoms with Crippen molar-refractivity contribution in [3.63, 3.8) is 0 Å². The topological polar surface area (TPSA) is 45.7 Å². The summed E-state index contributed by atoms with van der Waals surface area (Å²) in [5.41, 5.74) is 0.917. The zero-order valence-corrected chi connectivity index (χ0v) is 14.0. The predicted molar refractivity (Wildman–Crippen MR) is 84.2 cm³/mol. The molecule has 0 bridgehead atoms. The first-order valence-corrected chi connectivity index (χ1v) is 7.56. The van der Waals surface area contributed by atoms with Gasteiger partial charge in [0.05, 0.1) is 24.5 Å². The molecule has 22 heavy (non-hydrogen) atoms. The minimum Gasteiger partial charge on any atom is -0.496 e. The maximum Gasteiger partial charge on any atom is 0.390 e. The molecule has 1 aromatic rings. The van der Waals surface area contributed by atoms with E-state index in [9.17, 15) is 13.2 Å². The Bertz CT molecular complexity index is 507. The molecule has 2 N–H and O–H groups in total. The fraction of sp³-hybridized carbons (Fsp3) is 0.500. The number of nitrogens with zero attached hydrogens (tertiary/aromatic N) is 1. The largest absolute Gasteiger partial charge is 0.496 e. The molecule has 0 fully saturated rings. The van der Waals surface area contributed by atoms with Crippen LogP contribution in [-0.4, -0.2) is 32.3 Å². The summed E-state index contributed by atoms with van der Waals surface area (Å²) >= 11 is 3.38. The molecule has 0 saturated carbocycles. The van der Waals surface area contributed by atoms with Gasteiger partial charge in [-0.3, -0.25) is 0 Å². The second kappa shape index (κ2) is 8.87. The monoisotopic (exact) mass is 381 g/mol. The Balaban J connectivity index is 2.63. The number of methoxy groups -OCH3 is 1. The Labute approximate surface area is 136 Å². The Morgan fingerprint density at radius 1 is 1.32 bits per heavy atom. The molecule has 0 spiro atoms. The van der Waals surface area contributed by atoms with Crippen molar-refractivity contribution < 1.29 is 17.9 Å². The number of ether oxygens (including phenoxy) is 1. The number of alkyl halides is 3. The van der Waals surface area contributed by atoms with Crippen LogP contribution in [0.5, 0.6) is 5.75 Å². The van der Waals surface area contributed by atoms with E-state index in [4.69, 9.17) is 4.74 Å². The maximum absolute atomic E-state index is 12.1. The Kier molecular flexibility index (Phi) is 7.50. The molecular weight excluding hydrogens is 363 g/mol. The van der Waals surface area contributed by atoms with Gasteiger partial charge >= 0.3 is 6.18 Å². The third-order valence-electron chi connectivity index (χ3n) is 2.68. The molecule has 0 aromatic heterocycles. The molecule has 1 rings (SSSR count). The Morgan fingerprint density at radius 3 is 2.59 bits per heavy atom. The van der Waals surface area contributed by atoms with Crippen molar-refractivity contribution >= 4 is 21.9 Å². The van der Waals surface area contributed by atoms with Gasteiger partial charge in [0.2, 0.25) is 0 Å². The molecular formula is C14H19BrF3N3O. The molecule has 0 atom stereocenters. The third kappa shape index (κ3) is 7.02. The molecule has 4 nitrogen and oxygen atoms in total. The van der Waals surface area contributed by atoms with Gasteiger partial charge in [-0.25, -0.2) is 4.99 Å². The third-order valence-corrected chi connectivity index (χ3v) is 3.30. The average molecular weight is 382 g/mol. The summed E-state index contributed by atoms with van der Waals surface area (Å²) < 4.78 is 42.4. The van der Waals surface area contributed by atoms with Gasteiger partial charge in [0, 0.05) is 13.1 Å². The normalized spacial score (nSPS) is 12.2.